The van der Waals surface area contributed by atoms with Gasteiger partial charge >= 0.3 is 0 Å². The first-order valence-electron chi connectivity index (χ1n) is 28.6. The first-order valence-corrected chi connectivity index (χ1v) is 28.6. The first kappa shape index (κ1) is 46.8. The molecule has 0 saturated carbocycles. The van der Waals surface area contributed by atoms with E-state index in [0.29, 0.717) is 39.5 Å². The zero-order chi connectivity index (χ0) is 56.0. The molecular weight excluding hydrogens is 1040 g/mol. The number of nitrogens with zero attached hydrogens (tertiary/aromatic N) is 6. The molecule has 18 rings (SSSR count). The standard InChI is InChI=1S/C78H44N6O/c79-45-61-73(81-63-33-13-6-25-51(63)52-26-7-14-34-64(52)81)74(82-65-35-15-8-27-53(65)54-28-9-16-36-66(54)82)62(46-80)76(75(61)83-67-37-17-10-29-55(67)56-30-11-18-38-68(56)83)84-69-39-20-32-59(71-49-24-5-4-23-48(49)41-42-50(71)47-21-2-1-3-22-47)72(69)60-44-43-58-57-31-12-19-40-70(57)85-78(58)77(60)84/h1-44H. The van der Waals surface area contributed by atoms with Gasteiger partial charge in [-0.05, 0) is 87.6 Å². The predicted molar refractivity (Wildman–Crippen MR) is 349 cm³/mol. The van der Waals surface area contributed by atoms with Gasteiger partial charge in [0, 0.05) is 53.9 Å². The molecule has 7 heteroatoms. The van der Waals surface area contributed by atoms with Crippen LogP contribution in [0.4, 0.5) is 0 Å². The molecule has 0 aliphatic carbocycles. The maximum absolute atomic E-state index is 13.1. The van der Waals surface area contributed by atoms with E-state index in [1.54, 1.807) is 0 Å². The van der Waals surface area contributed by atoms with Crippen molar-refractivity contribution < 1.29 is 4.42 Å². The number of rotatable bonds is 6. The van der Waals surface area contributed by atoms with Gasteiger partial charge in [0.2, 0.25) is 0 Å². The molecule has 0 N–H and O–H groups in total. The summed E-state index contributed by atoms with van der Waals surface area (Å²) in [7, 11) is 0. The molecule has 0 saturated heterocycles. The SMILES string of the molecule is N#Cc1c(-n2c3ccccc3c3ccccc32)c(-n2c3ccccc3c3ccccc32)c(C#N)c(-n2c3cccc(-c4c(-c5ccccc5)ccc5ccccc45)c3c3ccc4c5ccccc5oc4c32)c1-n1c2ccccc2c2ccccc21. The van der Waals surface area contributed by atoms with E-state index in [0.717, 1.165) is 137 Å². The molecule has 0 spiro atoms. The summed E-state index contributed by atoms with van der Waals surface area (Å²) in [5.74, 6) is 0. The number of nitriles is 2. The highest BCUT2D eigenvalue weighted by Crippen LogP contribution is 2.52. The smallest absolute Gasteiger partial charge is 0.160 e. The molecule has 0 unspecified atom stereocenters. The second kappa shape index (κ2) is 17.8. The Kier molecular flexibility index (Phi) is 9.80. The van der Waals surface area contributed by atoms with Crippen LogP contribution in [0.25, 0.3) is 165 Å². The number of hydrogen-bond acceptors (Lipinski definition) is 3. The lowest BCUT2D eigenvalue weighted by Gasteiger charge is -2.27. The Bertz CT molecular complexity index is 5850. The molecule has 5 heterocycles. The van der Waals surface area contributed by atoms with Gasteiger partial charge in [0.1, 0.15) is 28.8 Å². The summed E-state index contributed by atoms with van der Waals surface area (Å²) < 4.78 is 16.3. The van der Waals surface area contributed by atoms with Crippen molar-refractivity contribution in [1.29, 1.82) is 10.5 Å². The number of aromatic nitrogens is 4. The first-order chi connectivity index (χ1) is 42.2. The molecule has 0 radical (unpaired) electrons. The van der Waals surface area contributed by atoms with Crippen LogP contribution < -0.4 is 0 Å². The lowest BCUT2D eigenvalue weighted by atomic mass is 9.88. The molecule has 0 fully saturated rings. The van der Waals surface area contributed by atoms with Crippen LogP contribution >= 0.6 is 0 Å². The molecule has 7 nitrogen and oxygen atoms in total. The van der Waals surface area contributed by atoms with Crippen molar-refractivity contribution in [2.24, 2.45) is 0 Å². The van der Waals surface area contributed by atoms with Crippen molar-refractivity contribution in [3.05, 3.63) is 278 Å². The van der Waals surface area contributed by atoms with Crippen LogP contribution in [0.3, 0.4) is 0 Å². The summed E-state index contributed by atoms with van der Waals surface area (Å²) in [6.45, 7) is 0. The molecule has 0 bridgehead atoms. The summed E-state index contributed by atoms with van der Waals surface area (Å²) in [4.78, 5) is 0. The third-order valence-electron chi connectivity index (χ3n) is 17.8. The van der Waals surface area contributed by atoms with E-state index in [2.05, 4.69) is 285 Å². The highest BCUT2D eigenvalue weighted by atomic mass is 16.3. The zero-order valence-electron chi connectivity index (χ0n) is 45.5. The van der Waals surface area contributed by atoms with Crippen LogP contribution in [0.2, 0.25) is 0 Å². The average molecular weight is 1080 g/mol. The van der Waals surface area contributed by atoms with E-state index in [4.69, 9.17) is 4.42 Å². The largest absolute Gasteiger partial charge is 0.454 e. The number of hydrogen-bond donors (Lipinski definition) is 0. The molecule has 13 aromatic carbocycles. The van der Waals surface area contributed by atoms with Crippen LogP contribution in [-0.2, 0) is 0 Å². The van der Waals surface area contributed by atoms with Gasteiger partial charge in [-0.15, -0.1) is 0 Å². The molecule has 5 aromatic heterocycles. The lowest BCUT2D eigenvalue weighted by molar-refractivity contribution is 0.671. The fourth-order valence-corrected chi connectivity index (χ4v) is 14.5. The van der Waals surface area contributed by atoms with Gasteiger partial charge in [-0.25, -0.2) is 0 Å². The summed E-state index contributed by atoms with van der Waals surface area (Å²) in [5, 5.41) is 38.2. The second-order valence-corrected chi connectivity index (χ2v) is 22.0. The van der Waals surface area contributed by atoms with Gasteiger partial charge in [0.15, 0.2) is 5.58 Å². The minimum Gasteiger partial charge on any atom is -0.454 e. The third-order valence-corrected chi connectivity index (χ3v) is 17.8. The Balaban J connectivity index is 1.15. The zero-order valence-corrected chi connectivity index (χ0v) is 45.5. The summed E-state index contributed by atoms with van der Waals surface area (Å²) in [6, 6.07) is 99.5. The van der Waals surface area contributed by atoms with E-state index in [9.17, 15) is 10.5 Å². The summed E-state index contributed by atoms with van der Waals surface area (Å²) in [5.41, 5.74) is 15.7. The Labute approximate surface area is 485 Å². The van der Waals surface area contributed by atoms with E-state index in [1.807, 2.05) is 12.1 Å². The van der Waals surface area contributed by atoms with Crippen molar-refractivity contribution in [3.63, 3.8) is 0 Å². The number of benzene rings is 13. The van der Waals surface area contributed by atoms with E-state index < -0.39 is 0 Å². The van der Waals surface area contributed by atoms with Gasteiger partial charge in [-0.2, -0.15) is 10.5 Å². The van der Waals surface area contributed by atoms with Gasteiger partial charge in [-0.3, -0.25) is 0 Å². The Morgan fingerprint density at radius 3 is 1.18 bits per heavy atom. The molecule has 0 atom stereocenters. The van der Waals surface area contributed by atoms with Crippen LogP contribution in [0.5, 0.6) is 0 Å². The van der Waals surface area contributed by atoms with Crippen molar-refractivity contribution >= 4 is 120 Å². The van der Waals surface area contributed by atoms with E-state index in [1.165, 1.54) is 0 Å². The monoisotopic (exact) mass is 1080 g/mol. The highest BCUT2D eigenvalue weighted by molar-refractivity contribution is 6.27. The molecule has 0 aliphatic rings. The maximum atomic E-state index is 13.1. The normalized spacial score (nSPS) is 12.0. The fraction of sp³-hybridized carbons (Fsp3) is 0. The Morgan fingerprint density at radius 2 is 0.682 bits per heavy atom. The van der Waals surface area contributed by atoms with Crippen LogP contribution in [-0.4, -0.2) is 18.3 Å². The highest BCUT2D eigenvalue weighted by Gasteiger charge is 2.36. The topological polar surface area (TPSA) is 80.4 Å². The van der Waals surface area contributed by atoms with Gasteiger partial charge in [0.05, 0.1) is 66.9 Å². The summed E-state index contributed by atoms with van der Waals surface area (Å²) >= 11 is 0. The predicted octanol–water partition coefficient (Wildman–Crippen LogP) is 20.2. The van der Waals surface area contributed by atoms with Crippen molar-refractivity contribution in [1.82, 2.24) is 18.3 Å². The molecule has 85 heavy (non-hydrogen) atoms. The van der Waals surface area contributed by atoms with Crippen LogP contribution in [0.1, 0.15) is 11.1 Å². The molecule has 18 aromatic rings. The number of para-hydroxylation sites is 7. The maximum Gasteiger partial charge on any atom is 0.160 e. The van der Waals surface area contributed by atoms with Gasteiger partial charge < -0.3 is 22.7 Å². The average Bonchev–Trinajstić information content (AvgIpc) is 1.72. The van der Waals surface area contributed by atoms with Gasteiger partial charge in [-0.1, -0.05) is 212 Å². The lowest BCUT2D eigenvalue weighted by Crippen LogP contribution is -2.16. The second-order valence-electron chi connectivity index (χ2n) is 22.0. The number of furan rings is 1. The summed E-state index contributed by atoms with van der Waals surface area (Å²) in [6.07, 6.45) is 0. The Morgan fingerprint density at radius 1 is 0.282 bits per heavy atom. The minimum atomic E-state index is 0.367. The van der Waals surface area contributed by atoms with E-state index in [-0.39, 0.29) is 0 Å². The minimum absolute atomic E-state index is 0.367. The fourth-order valence-electron chi connectivity index (χ4n) is 14.5. The molecule has 0 amide bonds. The third kappa shape index (κ3) is 6.36. The molecule has 392 valence electrons. The van der Waals surface area contributed by atoms with Crippen molar-refractivity contribution in [3.8, 4) is 57.1 Å². The number of fused-ring (bicyclic) bond motifs is 17. The van der Waals surface area contributed by atoms with Gasteiger partial charge in [0.25, 0.3) is 0 Å². The quantitative estimate of drug-likeness (QED) is 0.166. The van der Waals surface area contributed by atoms with Crippen LogP contribution in [0.15, 0.2) is 271 Å². The van der Waals surface area contributed by atoms with Crippen molar-refractivity contribution in [2.75, 3.05) is 0 Å². The van der Waals surface area contributed by atoms with Crippen molar-refractivity contribution in [2.45, 2.75) is 0 Å². The molecule has 0 aliphatic heterocycles. The van der Waals surface area contributed by atoms with E-state index >= 15 is 0 Å². The Hall–Kier alpha value is -11.9. The molecular formula is C78H44N6O. The van der Waals surface area contributed by atoms with Crippen LogP contribution in [0, 0.1) is 22.7 Å².